The summed E-state index contributed by atoms with van der Waals surface area (Å²) in [5.41, 5.74) is 11.0. The number of hydrogen-bond donors (Lipinski definition) is 1. The Kier molecular flexibility index (Phi) is 7.95. The van der Waals surface area contributed by atoms with Crippen LogP contribution in [0.4, 0.5) is 0 Å². The number of hydrogen-bond acceptors (Lipinski definition) is 5. The Morgan fingerprint density at radius 1 is 1.28 bits per heavy atom. The third kappa shape index (κ3) is 4.86. The fourth-order valence-electron chi connectivity index (χ4n) is 5.67. The van der Waals surface area contributed by atoms with Gasteiger partial charge in [0.1, 0.15) is 5.52 Å². The van der Waals surface area contributed by atoms with Gasteiger partial charge in [0.2, 0.25) is 5.91 Å². The molecule has 0 bridgehead atoms. The second-order valence-electron chi connectivity index (χ2n) is 9.81. The van der Waals surface area contributed by atoms with Crippen LogP contribution in [0.2, 0.25) is 10.0 Å². The van der Waals surface area contributed by atoms with Crippen LogP contribution in [0.15, 0.2) is 30.5 Å². The van der Waals surface area contributed by atoms with Gasteiger partial charge in [0, 0.05) is 16.1 Å². The molecule has 1 aliphatic carbocycles. The van der Waals surface area contributed by atoms with Gasteiger partial charge in [0.05, 0.1) is 29.7 Å². The quantitative estimate of drug-likeness (QED) is 0.447. The molecule has 5 rings (SSSR count). The second kappa shape index (κ2) is 10.7. The van der Waals surface area contributed by atoms with Gasteiger partial charge in [-0.1, -0.05) is 42.3 Å². The van der Waals surface area contributed by atoms with Gasteiger partial charge in [0.15, 0.2) is 5.65 Å². The summed E-state index contributed by atoms with van der Waals surface area (Å²) in [6.45, 7) is 7.17. The molecule has 1 amide bonds. The first-order valence-electron chi connectivity index (χ1n) is 12.2. The van der Waals surface area contributed by atoms with Gasteiger partial charge in [-0.2, -0.15) is 5.10 Å². The van der Waals surface area contributed by atoms with Crippen LogP contribution in [0.1, 0.15) is 62.5 Å². The van der Waals surface area contributed by atoms with Crippen LogP contribution in [-0.4, -0.2) is 49.2 Å². The van der Waals surface area contributed by atoms with Crippen molar-refractivity contribution in [1.29, 1.82) is 0 Å². The summed E-state index contributed by atoms with van der Waals surface area (Å²) in [4.78, 5) is 24.0. The number of likely N-dealkylation sites (tertiary alicyclic amines) is 1. The molecule has 4 atom stereocenters. The Balaban J connectivity index is 0.00000304. The molecule has 0 spiro atoms. The topological polar surface area (TPSA) is 89.9 Å². The lowest BCUT2D eigenvalue weighted by atomic mass is 9.83. The van der Waals surface area contributed by atoms with Crippen molar-refractivity contribution in [3.05, 3.63) is 57.5 Å². The Bertz CT molecular complexity index is 1320. The van der Waals surface area contributed by atoms with E-state index in [1.54, 1.807) is 6.07 Å². The molecule has 10 heteroatoms. The van der Waals surface area contributed by atoms with E-state index in [1.165, 1.54) is 5.57 Å². The van der Waals surface area contributed by atoms with Crippen LogP contribution >= 0.6 is 35.6 Å². The largest absolute Gasteiger partial charge is 0.368 e. The van der Waals surface area contributed by atoms with Crippen molar-refractivity contribution in [3.8, 4) is 0 Å². The summed E-state index contributed by atoms with van der Waals surface area (Å²) in [7, 11) is 0. The highest BCUT2D eigenvalue weighted by molar-refractivity contribution is 6.35. The molecule has 36 heavy (non-hydrogen) atoms. The van der Waals surface area contributed by atoms with Crippen molar-refractivity contribution < 1.29 is 4.79 Å². The minimum absolute atomic E-state index is 0. The van der Waals surface area contributed by atoms with Crippen LogP contribution < -0.4 is 5.73 Å². The van der Waals surface area contributed by atoms with Gasteiger partial charge < -0.3 is 5.73 Å². The molecular formula is C26H31Cl3N6O. The molecule has 0 radical (unpaired) electrons. The first kappa shape index (κ1) is 26.9. The lowest BCUT2D eigenvalue weighted by Gasteiger charge is -2.38. The van der Waals surface area contributed by atoms with E-state index in [2.05, 4.69) is 17.9 Å². The molecule has 3 aromatic rings. The lowest BCUT2D eigenvalue weighted by Crippen LogP contribution is -2.48. The SMILES string of the molecule is Cc1nn(C(C)c2ccc(Cl)cc2Cl)c2nc(C3=CC[C@H](N4CCC[C@H]4C(N)=O)[C@H](C)C3)cnc12.Cl. The fourth-order valence-corrected chi connectivity index (χ4v) is 6.24. The Morgan fingerprint density at radius 2 is 2.06 bits per heavy atom. The number of nitrogens with zero attached hydrogens (tertiary/aromatic N) is 5. The molecule has 0 saturated carbocycles. The van der Waals surface area contributed by atoms with E-state index in [4.69, 9.17) is 44.0 Å². The second-order valence-corrected chi connectivity index (χ2v) is 10.7. The third-order valence-electron chi connectivity index (χ3n) is 7.53. The zero-order chi connectivity index (χ0) is 24.9. The van der Waals surface area contributed by atoms with Gasteiger partial charge in [-0.25, -0.2) is 14.6 Å². The normalized spacial score (nSPS) is 23.4. The predicted molar refractivity (Wildman–Crippen MR) is 147 cm³/mol. The van der Waals surface area contributed by atoms with Gasteiger partial charge >= 0.3 is 0 Å². The number of halogens is 3. The molecule has 7 nitrogen and oxygen atoms in total. The van der Waals surface area contributed by atoms with Crippen LogP contribution in [0.25, 0.3) is 16.7 Å². The van der Waals surface area contributed by atoms with E-state index in [9.17, 15) is 4.79 Å². The van der Waals surface area contributed by atoms with E-state index >= 15 is 0 Å². The highest BCUT2D eigenvalue weighted by Crippen LogP contribution is 2.37. The average molecular weight is 550 g/mol. The van der Waals surface area contributed by atoms with E-state index in [1.807, 2.05) is 36.9 Å². The smallest absolute Gasteiger partial charge is 0.234 e. The maximum Gasteiger partial charge on any atom is 0.234 e. The summed E-state index contributed by atoms with van der Waals surface area (Å²) >= 11 is 12.6. The highest BCUT2D eigenvalue weighted by Gasteiger charge is 2.37. The third-order valence-corrected chi connectivity index (χ3v) is 8.10. The summed E-state index contributed by atoms with van der Waals surface area (Å²) in [5.74, 6) is 0.172. The molecule has 2 aliphatic rings. The number of carbonyl (C=O) groups excluding carboxylic acids is 1. The summed E-state index contributed by atoms with van der Waals surface area (Å²) in [6.07, 6.45) is 7.73. The first-order chi connectivity index (χ1) is 16.7. The zero-order valence-electron chi connectivity index (χ0n) is 20.6. The zero-order valence-corrected chi connectivity index (χ0v) is 22.9. The summed E-state index contributed by atoms with van der Waals surface area (Å²) < 4.78 is 1.90. The minimum atomic E-state index is -0.209. The van der Waals surface area contributed by atoms with E-state index in [-0.39, 0.29) is 30.4 Å². The molecule has 1 fully saturated rings. The minimum Gasteiger partial charge on any atom is -0.368 e. The van der Waals surface area contributed by atoms with Crippen LogP contribution in [0.3, 0.4) is 0 Å². The van der Waals surface area contributed by atoms with E-state index in [0.29, 0.717) is 22.0 Å². The monoisotopic (exact) mass is 548 g/mol. The molecule has 1 aliphatic heterocycles. The predicted octanol–water partition coefficient (Wildman–Crippen LogP) is 5.60. The van der Waals surface area contributed by atoms with Crippen molar-refractivity contribution in [1.82, 2.24) is 24.6 Å². The van der Waals surface area contributed by atoms with E-state index in [0.717, 1.165) is 60.3 Å². The van der Waals surface area contributed by atoms with Gasteiger partial charge in [-0.3, -0.25) is 9.69 Å². The lowest BCUT2D eigenvalue weighted by molar-refractivity contribution is -0.123. The molecular weight excluding hydrogens is 519 g/mol. The highest BCUT2D eigenvalue weighted by atomic mass is 35.5. The number of allylic oxidation sites excluding steroid dienone is 1. The first-order valence-corrected chi connectivity index (χ1v) is 12.9. The average Bonchev–Trinajstić information content (AvgIpc) is 3.43. The molecule has 192 valence electrons. The van der Waals surface area contributed by atoms with E-state index < -0.39 is 0 Å². The standard InChI is InChI=1S/C26H30Cl2N6O.ClH/c1-14-11-17(6-9-22(14)33-10-4-5-23(33)25(29)35)21-13-30-24-15(2)32-34(26(24)31-21)16(3)19-8-7-18(27)12-20(19)28;/h6-8,12-14,16,22-23H,4-5,9-11H2,1-3H3,(H2,29,35);1H/t14-,16?,22+,23+;/m1./s1. The number of fused-ring (bicyclic) bond motifs is 1. The molecule has 3 heterocycles. The van der Waals surface area contributed by atoms with Crippen molar-refractivity contribution >= 4 is 58.3 Å². The van der Waals surface area contributed by atoms with Gasteiger partial charge in [-0.05, 0) is 75.3 Å². The van der Waals surface area contributed by atoms with Gasteiger partial charge in [-0.15, -0.1) is 12.4 Å². The number of aromatic nitrogens is 4. The summed E-state index contributed by atoms with van der Waals surface area (Å²) in [6, 6.07) is 5.55. The Labute approximate surface area is 227 Å². The van der Waals surface area contributed by atoms with Crippen molar-refractivity contribution in [2.45, 2.75) is 64.6 Å². The maximum absolute atomic E-state index is 11.9. The van der Waals surface area contributed by atoms with Crippen LogP contribution in [0, 0.1) is 12.8 Å². The number of benzene rings is 1. The fraction of sp³-hybridized carbons (Fsp3) is 0.462. The number of aryl methyl sites for hydroxylation is 1. The molecule has 1 saturated heterocycles. The molecule has 2 N–H and O–H groups in total. The number of carbonyl (C=O) groups is 1. The molecule has 2 aromatic heterocycles. The van der Waals surface area contributed by atoms with Gasteiger partial charge in [0.25, 0.3) is 0 Å². The number of primary amides is 1. The van der Waals surface area contributed by atoms with Crippen LogP contribution in [0.5, 0.6) is 0 Å². The van der Waals surface area contributed by atoms with Crippen molar-refractivity contribution in [2.24, 2.45) is 11.7 Å². The Morgan fingerprint density at radius 3 is 2.75 bits per heavy atom. The number of nitrogens with two attached hydrogens (primary N) is 1. The number of amides is 1. The molecule has 1 aromatic carbocycles. The maximum atomic E-state index is 11.9. The summed E-state index contributed by atoms with van der Waals surface area (Å²) in [5, 5.41) is 5.95. The number of rotatable bonds is 5. The van der Waals surface area contributed by atoms with Crippen molar-refractivity contribution in [3.63, 3.8) is 0 Å². The van der Waals surface area contributed by atoms with Crippen LogP contribution in [-0.2, 0) is 4.79 Å². The Hall–Kier alpha value is -2.19. The molecule has 1 unspecified atom stereocenters. The van der Waals surface area contributed by atoms with Crippen molar-refractivity contribution in [2.75, 3.05) is 6.54 Å².